The van der Waals surface area contributed by atoms with Gasteiger partial charge in [-0.3, -0.25) is 14.9 Å². The highest BCUT2D eigenvalue weighted by Crippen LogP contribution is 2.25. The van der Waals surface area contributed by atoms with Gasteiger partial charge in [0.15, 0.2) is 0 Å². The fourth-order valence-electron chi connectivity index (χ4n) is 2.05. The standard InChI is InChI=1S/C15H19F2N3O2/c1-9(2)13(21)19-10-3-5-11(6-4-10)20-14(22)12-7-15(16,17)8-18-12/h3-6,9,12,18H,7-8H2,1-2H3,(H,19,21)(H,20,22). The van der Waals surface area contributed by atoms with Gasteiger partial charge in [-0.05, 0) is 24.3 Å². The lowest BCUT2D eigenvalue weighted by Gasteiger charge is -2.12. The van der Waals surface area contributed by atoms with Crippen molar-refractivity contribution in [2.45, 2.75) is 32.2 Å². The zero-order valence-corrected chi connectivity index (χ0v) is 12.5. The van der Waals surface area contributed by atoms with Crippen molar-refractivity contribution in [3.63, 3.8) is 0 Å². The molecular weight excluding hydrogens is 292 g/mol. The van der Waals surface area contributed by atoms with Gasteiger partial charge in [0.2, 0.25) is 11.8 Å². The Bertz CT molecular complexity index is 558. The first-order valence-corrected chi connectivity index (χ1v) is 7.10. The predicted molar refractivity (Wildman–Crippen MR) is 79.9 cm³/mol. The Morgan fingerprint density at radius 2 is 1.73 bits per heavy atom. The number of nitrogens with one attached hydrogen (secondary N) is 3. The van der Waals surface area contributed by atoms with Crippen molar-refractivity contribution in [3.8, 4) is 0 Å². The minimum atomic E-state index is -2.84. The summed E-state index contributed by atoms with van der Waals surface area (Å²) < 4.78 is 26.1. The molecule has 120 valence electrons. The van der Waals surface area contributed by atoms with Gasteiger partial charge in [-0.1, -0.05) is 13.8 Å². The fraction of sp³-hybridized carbons (Fsp3) is 0.467. The van der Waals surface area contributed by atoms with Crippen LogP contribution in [0.4, 0.5) is 20.2 Å². The molecule has 0 spiro atoms. The van der Waals surface area contributed by atoms with E-state index < -0.39 is 30.8 Å². The van der Waals surface area contributed by atoms with Crippen molar-refractivity contribution in [1.29, 1.82) is 0 Å². The molecule has 1 aromatic carbocycles. The first kappa shape index (κ1) is 16.4. The molecule has 1 aromatic rings. The molecule has 7 heteroatoms. The van der Waals surface area contributed by atoms with Crippen molar-refractivity contribution in [3.05, 3.63) is 24.3 Å². The van der Waals surface area contributed by atoms with Gasteiger partial charge in [-0.15, -0.1) is 0 Å². The van der Waals surface area contributed by atoms with Crippen molar-refractivity contribution < 1.29 is 18.4 Å². The van der Waals surface area contributed by atoms with Crippen LogP contribution in [0.15, 0.2) is 24.3 Å². The van der Waals surface area contributed by atoms with E-state index in [0.717, 1.165) is 0 Å². The number of benzene rings is 1. The number of anilines is 2. The van der Waals surface area contributed by atoms with E-state index >= 15 is 0 Å². The topological polar surface area (TPSA) is 70.2 Å². The van der Waals surface area contributed by atoms with E-state index in [2.05, 4.69) is 16.0 Å². The molecule has 3 N–H and O–H groups in total. The fourth-order valence-corrected chi connectivity index (χ4v) is 2.05. The number of halogens is 2. The lowest BCUT2D eigenvalue weighted by atomic mass is 10.1. The summed E-state index contributed by atoms with van der Waals surface area (Å²) in [6.45, 7) is 3.09. The molecule has 1 heterocycles. The van der Waals surface area contributed by atoms with E-state index in [0.29, 0.717) is 11.4 Å². The lowest BCUT2D eigenvalue weighted by Crippen LogP contribution is -2.35. The van der Waals surface area contributed by atoms with Gasteiger partial charge in [0.1, 0.15) is 0 Å². The average Bonchev–Trinajstić information content (AvgIpc) is 2.81. The highest BCUT2D eigenvalue weighted by molar-refractivity contribution is 5.96. The normalized spacial score (nSPS) is 20.0. The Kier molecular flexibility index (Phi) is 4.75. The van der Waals surface area contributed by atoms with Crippen LogP contribution in [0.2, 0.25) is 0 Å². The number of rotatable bonds is 4. The molecule has 1 saturated heterocycles. The van der Waals surface area contributed by atoms with Crippen LogP contribution in [0.5, 0.6) is 0 Å². The Hall–Kier alpha value is -2.02. The Balaban J connectivity index is 1.91. The summed E-state index contributed by atoms with van der Waals surface area (Å²) in [6.07, 6.45) is -0.499. The second-order valence-corrected chi connectivity index (χ2v) is 5.70. The monoisotopic (exact) mass is 311 g/mol. The van der Waals surface area contributed by atoms with Crippen LogP contribution in [-0.4, -0.2) is 30.3 Å². The summed E-state index contributed by atoms with van der Waals surface area (Å²) in [5.74, 6) is -3.56. The maximum Gasteiger partial charge on any atom is 0.262 e. The third-order valence-corrected chi connectivity index (χ3v) is 3.37. The summed E-state index contributed by atoms with van der Waals surface area (Å²) >= 11 is 0. The number of carbonyl (C=O) groups is 2. The molecule has 0 radical (unpaired) electrons. The lowest BCUT2D eigenvalue weighted by molar-refractivity contribution is -0.119. The summed E-state index contributed by atoms with van der Waals surface area (Å²) in [5.41, 5.74) is 1.10. The number of hydrogen-bond acceptors (Lipinski definition) is 3. The second kappa shape index (κ2) is 6.39. The average molecular weight is 311 g/mol. The van der Waals surface area contributed by atoms with E-state index in [1.165, 1.54) is 0 Å². The van der Waals surface area contributed by atoms with Gasteiger partial charge in [0.05, 0.1) is 12.6 Å². The molecule has 0 saturated carbocycles. The molecule has 1 unspecified atom stereocenters. The molecule has 1 aliphatic heterocycles. The van der Waals surface area contributed by atoms with Crippen molar-refractivity contribution in [1.82, 2.24) is 5.32 Å². The molecule has 1 aliphatic rings. The zero-order valence-electron chi connectivity index (χ0n) is 12.5. The van der Waals surface area contributed by atoms with Crippen LogP contribution in [0.1, 0.15) is 20.3 Å². The summed E-state index contributed by atoms with van der Waals surface area (Å²) in [6, 6.07) is 5.62. The molecule has 2 rings (SSSR count). The summed E-state index contributed by atoms with van der Waals surface area (Å²) in [7, 11) is 0. The van der Waals surface area contributed by atoms with Crippen LogP contribution in [0, 0.1) is 5.92 Å². The summed E-state index contributed by atoms with van der Waals surface area (Å²) in [5, 5.41) is 7.80. The van der Waals surface area contributed by atoms with Crippen LogP contribution in [-0.2, 0) is 9.59 Å². The molecular formula is C15H19F2N3O2. The van der Waals surface area contributed by atoms with Crippen molar-refractivity contribution >= 4 is 23.2 Å². The van der Waals surface area contributed by atoms with Crippen LogP contribution >= 0.6 is 0 Å². The highest BCUT2D eigenvalue weighted by atomic mass is 19.3. The molecule has 5 nitrogen and oxygen atoms in total. The molecule has 0 aliphatic carbocycles. The van der Waals surface area contributed by atoms with Gasteiger partial charge >= 0.3 is 0 Å². The molecule has 2 amide bonds. The third-order valence-electron chi connectivity index (χ3n) is 3.37. The Morgan fingerprint density at radius 3 is 2.18 bits per heavy atom. The molecule has 1 atom stereocenters. The first-order valence-electron chi connectivity index (χ1n) is 7.10. The largest absolute Gasteiger partial charge is 0.326 e. The summed E-state index contributed by atoms with van der Waals surface area (Å²) in [4.78, 5) is 23.4. The highest BCUT2D eigenvalue weighted by Gasteiger charge is 2.42. The van der Waals surface area contributed by atoms with Crippen LogP contribution in [0.3, 0.4) is 0 Å². The van der Waals surface area contributed by atoms with Gasteiger partial charge in [-0.2, -0.15) is 0 Å². The SMILES string of the molecule is CC(C)C(=O)Nc1ccc(NC(=O)C2CC(F)(F)CN2)cc1. The van der Waals surface area contributed by atoms with Gasteiger partial charge < -0.3 is 10.6 Å². The molecule has 0 bridgehead atoms. The smallest absolute Gasteiger partial charge is 0.262 e. The Labute approximate surface area is 127 Å². The van der Waals surface area contributed by atoms with Gasteiger partial charge in [0, 0.05) is 23.7 Å². The maximum atomic E-state index is 13.1. The maximum absolute atomic E-state index is 13.1. The molecule has 22 heavy (non-hydrogen) atoms. The predicted octanol–water partition coefficient (Wildman–Crippen LogP) is 2.22. The second-order valence-electron chi connectivity index (χ2n) is 5.70. The van der Waals surface area contributed by atoms with E-state index in [9.17, 15) is 18.4 Å². The quantitative estimate of drug-likeness (QED) is 0.798. The zero-order chi connectivity index (χ0) is 16.3. The number of hydrogen-bond donors (Lipinski definition) is 3. The molecule has 1 fully saturated rings. The number of carbonyl (C=O) groups excluding carboxylic acids is 2. The minimum Gasteiger partial charge on any atom is -0.326 e. The van der Waals surface area contributed by atoms with E-state index in [4.69, 9.17) is 0 Å². The number of alkyl halides is 2. The van der Waals surface area contributed by atoms with Crippen LogP contribution < -0.4 is 16.0 Å². The van der Waals surface area contributed by atoms with E-state index in [-0.39, 0.29) is 11.8 Å². The first-order chi connectivity index (χ1) is 10.3. The van der Waals surface area contributed by atoms with Crippen molar-refractivity contribution in [2.24, 2.45) is 5.92 Å². The van der Waals surface area contributed by atoms with Gasteiger partial charge in [-0.25, -0.2) is 8.78 Å². The van der Waals surface area contributed by atoms with Gasteiger partial charge in [0.25, 0.3) is 5.92 Å². The minimum absolute atomic E-state index is 0.103. The number of amides is 2. The van der Waals surface area contributed by atoms with Crippen molar-refractivity contribution in [2.75, 3.05) is 17.2 Å². The Morgan fingerprint density at radius 1 is 1.18 bits per heavy atom. The molecule has 0 aromatic heterocycles. The van der Waals surface area contributed by atoms with Crippen LogP contribution in [0.25, 0.3) is 0 Å². The third kappa shape index (κ3) is 4.24. The van der Waals surface area contributed by atoms with E-state index in [1.807, 2.05) is 0 Å². The van der Waals surface area contributed by atoms with E-state index in [1.54, 1.807) is 38.1 Å².